The maximum Gasteiger partial charge on any atom is 0.295 e. The summed E-state index contributed by atoms with van der Waals surface area (Å²) in [7, 11) is 0. The number of hydrogen-bond donors (Lipinski definition) is 2. The number of aromatic nitrogens is 3. The summed E-state index contributed by atoms with van der Waals surface area (Å²) in [6.07, 6.45) is 8.75. The lowest BCUT2D eigenvalue weighted by molar-refractivity contribution is -0.139. The van der Waals surface area contributed by atoms with Crippen LogP contribution in [0.4, 0.5) is 0 Å². The van der Waals surface area contributed by atoms with Crippen LogP contribution in [0.1, 0.15) is 30.5 Å². The van der Waals surface area contributed by atoms with Crippen molar-refractivity contribution < 1.29 is 24.5 Å². The number of aromatic hydroxyl groups is 1. The average Bonchev–Trinajstić information content (AvgIpc) is 3.43. The lowest BCUT2D eigenvalue weighted by Gasteiger charge is -2.26. The van der Waals surface area contributed by atoms with Gasteiger partial charge in [-0.25, -0.2) is 4.98 Å². The van der Waals surface area contributed by atoms with E-state index in [0.29, 0.717) is 30.7 Å². The Hall–Kier alpha value is -4.14. The smallest absolute Gasteiger partial charge is 0.295 e. The van der Waals surface area contributed by atoms with Gasteiger partial charge in [0.1, 0.15) is 5.76 Å². The fourth-order valence-corrected chi connectivity index (χ4v) is 3.94. The molecule has 9 nitrogen and oxygen atoms in total. The van der Waals surface area contributed by atoms with Crippen molar-refractivity contribution in [2.24, 2.45) is 0 Å². The maximum atomic E-state index is 13.1. The fourth-order valence-electron chi connectivity index (χ4n) is 3.94. The Kier molecular flexibility index (Phi) is 6.39. The number of aliphatic hydroxyl groups is 1. The Balaban J connectivity index is 1.76. The Morgan fingerprint density at radius 1 is 1.09 bits per heavy atom. The third kappa shape index (κ3) is 4.43. The standard InChI is InChI=1S/C24H24N4O5/c1-2-33-19-14-17(4-5-18(19)29)21-20(22(30)16-6-8-25-9-7-16)23(31)24(32)28(21)12-3-11-27-13-10-26-15-27/h4-10,13-15,21,29-30H,2-3,11-12H2,1H3. The number of likely N-dealkylation sites (tertiary alicyclic amines) is 1. The molecule has 2 aromatic heterocycles. The van der Waals surface area contributed by atoms with Crippen LogP contribution in [0.25, 0.3) is 5.76 Å². The second kappa shape index (κ2) is 9.56. The van der Waals surface area contributed by atoms with Crippen molar-refractivity contribution in [3.63, 3.8) is 0 Å². The Morgan fingerprint density at radius 2 is 1.88 bits per heavy atom. The molecule has 1 aliphatic heterocycles. The summed E-state index contributed by atoms with van der Waals surface area (Å²) in [6.45, 7) is 3.02. The van der Waals surface area contributed by atoms with Crippen LogP contribution in [-0.2, 0) is 16.1 Å². The second-order valence-electron chi connectivity index (χ2n) is 7.54. The topological polar surface area (TPSA) is 118 Å². The van der Waals surface area contributed by atoms with Crippen molar-refractivity contribution in [3.8, 4) is 11.5 Å². The Bertz CT molecular complexity index is 1170. The van der Waals surface area contributed by atoms with Gasteiger partial charge in [0.15, 0.2) is 11.5 Å². The Labute approximate surface area is 190 Å². The molecule has 0 spiro atoms. The summed E-state index contributed by atoms with van der Waals surface area (Å²) < 4.78 is 7.39. The monoisotopic (exact) mass is 448 g/mol. The van der Waals surface area contributed by atoms with Crippen LogP contribution in [-0.4, -0.2) is 54.5 Å². The van der Waals surface area contributed by atoms with Crippen molar-refractivity contribution in [3.05, 3.63) is 78.1 Å². The van der Waals surface area contributed by atoms with E-state index in [9.17, 15) is 19.8 Å². The molecule has 1 unspecified atom stereocenters. The minimum Gasteiger partial charge on any atom is -0.507 e. The largest absolute Gasteiger partial charge is 0.507 e. The van der Waals surface area contributed by atoms with E-state index in [4.69, 9.17) is 4.74 Å². The van der Waals surface area contributed by atoms with Crippen LogP contribution in [0.3, 0.4) is 0 Å². The maximum absolute atomic E-state index is 13.1. The number of Topliss-reactive ketones (excluding diaryl/α,β-unsaturated/α-hetero) is 1. The third-order valence-electron chi connectivity index (χ3n) is 5.47. The van der Waals surface area contributed by atoms with Gasteiger partial charge < -0.3 is 24.4 Å². The first-order chi connectivity index (χ1) is 16.0. The number of phenols is 1. The van der Waals surface area contributed by atoms with Crippen molar-refractivity contribution in [2.75, 3.05) is 13.2 Å². The number of imidazole rings is 1. The Morgan fingerprint density at radius 3 is 2.58 bits per heavy atom. The highest BCUT2D eigenvalue weighted by Gasteiger charge is 2.46. The van der Waals surface area contributed by atoms with Crippen LogP contribution in [0, 0.1) is 0 Å². The van der Waals surface area contributed by atoms with Gasteiger partial charge in [-0.15, -0.1) is 0 Å². The van der Waals surface area contributed by atoms with Crippen molar-refractivity contribution >= 4 is 17.4 Å². The molecule has 1 aliphatic rings. The van der Waals surface area contributed by atoms with Crippen molar-refractivity contribution in [2.45, 2.75) is 25.9 Å². The molecule has 3 aromatic rings. The lowest BCUT2D eigenvalue weighted by Crippen LogP contribution is -2.31. The van der Waals surface area contributed by atoms with Crippen LogP contribution >= 0.6 is 0 Å². The van der Waals surface area contributed by atoms with Gasteiger partial charge in [0.05, 0.1) is 24.5 Å². The van der Waals surface area contributed by atoms with Gasteiger partial charge in [-0.3, -0.25) is 14.6 Å². The highest BCUT2D eigenvalue weighted by Crippen LogP contribution is 2.41. The predicted molar refractivity (Wildman–Crippen MR) is 119 cm³/mol. The van der Waals surface area contributed by atoms with Gasteiger partial charge in [0, 0.05) is 43.4 Å². The number of amides is 1. The normalized spacial score (nSPS) is 17.5. The number of carbonyl (C=O) groups excluding carboxylic acids is 2. The number of pyridine rings is 1. The summed E-state index contributed by atoms with van der Waals surface area (Å²) >= 11 is 0. The van der Waals surface area contributed by atoms with E-state index in [-0.39, 0.29) is 29.4 Å². The number of ketones is 1. The van der Waals surface area contributed by atoms with Gasteiger partial charge >= 0.3 is 0 Å². The van der Waals surface area contributed by atoms with Gasteiger partial charge in [-0.1, -0.05) is 6.07 Å². The van der Waals surface area contributed by atoms with E-state index in [0.717, 1.165) is 0 Å². The molecule has 1 aromatic carbocycles. The molecule has 1 fully saturated rings. The van der Waals surface area contributed by atoms with E-state index in [1.165, 1.54) is 23.4 Å². The minimum absolute atomic E-state index is 0.0121. The highest BCUT2D eigenvalue weighted by molar-refractivity contribution is 6.46. The number of aryl methyl sites for hydroxylation is 1. The number of phenolic OH excluding ortho intramolecular Hbond substituents is 1. The van der Waals surface area contributed by atoms with Crippen LogP contribution < -0.4 is 4.74 Å². The summed E-state index contributed by atoms with van der Waals surface area (Å²) in [5.74, 6) is -1.53. The van der Waals surface area contributed by atoms with E-state index in [1.807, 2.05) is 10.8 Å². The zero-order valence-electron chi connectivity index (χ0n) is 18.1. The molecule has 170 valence electrons. The third-order valence-corrected chi connectivity index (χ3v) is 5.47. The first kappa shape index (κ1) is 22.1. The molecular weight excluding hydrogens is 424 g/mol. The summed E-state index contributed by atoms with van der Waals surface area (Å²) in [4.78, 5) is 35.5. The van der Waals surface area contributed by atoms with Crippen LogP contribution in [0.2, 0.25) is 0 Å². The fraction of sp³-hybridized carbons (Fsp3) is 0.250. The molecule has 9 heteroatoms. The van der Waals surface area contributed by atoms with Gasteiger partial charge in [-0.05, 0) is 43.2 Å². The molecule has 3 heterocycles. The molecule has 0 saturated carbocycles. The number of ether oxygens (including phenoxy) is 1. The number of rotatable bonds is 8. The molecule has 2 N–H and O–H groups in total. The number of nitrogens with zero attached hydrogens (tertiary/aromatic N) is 4. The van der Waals surface area contributed by atoms with Gasteiger partial charge in [0.25, 0.3) is 11.7 Å². The number of hydrogen-bond acceptors (Lipinski definition) is 7. The van der Waals surface area contributed by atoms with Crippen molar-refractivity contribution in [1.82, 2.24) is 19.4 Å². The molecule has 1 amide bonds. The SMILES string of the molecule is CCOc1cc(C2C(=C(O)c3ccncc3)C(=O)C(=O)N2CCCn2ccnc2)ccc1O. The molecule has 0 aliphatic carbocycles. The molecule has 4 rings (SSSR count). The number of benzene rings is 1. The minimum atomic E-state index is -0.833. The summed E-state index contributed by atoms with van der Waals surface area (Å²) in [6, 6.07) is 6.98. The quantitative estimate of drug-likeness (QED) is 0.309. The van der Waals surface area contributed by atoms with E-state index in [2.05, 4.69) is 9.97 Å². The van der Waals surface area contributed by atoms with Crippen LogP contribution in [0.15, 0.2) is 67.0 Å². The highest BCUT2D eigenvalue weighted by atomic mass is 16.5. The summed E-state index contributed by atoms with van der Waals surface area (Å²) in [5.41, 5.74) is 0.922. The van der Waals surface area contributed by atoms with Gasteiger partial charge in [0.2, 0.25) is 0 Å². The van der Waals surface area contributed by atoms with Gasteiger partial charge in [-0.2, -0.15) is 0 Å². The summed E-state index contributed by atoms with van der Waals surface area (Å²) in [5, 5.41) is 21.1. The average molecular weight is 448 g/mol. The molecule has 0 radical (unpaired) electrons. The lowest BCUT2D eigenvalue weighted by atomic mass is 9.95. The zero-order chi connectivity index (χ0) is 23.4. The molecule has 33 heavy (non-hydrogen) atoms. The van der Waals surface area contributed by atoms with E-state index in [1.54, 1.807) is 43.7 Å². The van der Waals surface area contributed by atoms with E-state index < -0.39 is 17.7 Å². The molecular formula is C24H24N4O5. The molecule has 0 bridgehead atoms. The van der Waals surface area contributed by atoms with Crippen molar-refractivity contribution in [1.29, 1.82) is 0 Å². The van der Waals surface area contributed by atoms with E-state index >= 15 is 0 Å². The molecule has 1 atom stereocenters. The number of aliphatic hydroxyl groups excluding tert-OH is 1. The first-order valence-electron chi connectivity index (χ1n) is 10.6. The zero-order valence-corrected chi connectivity index (χ0v) is 18.1. The second-order valence-corrected chi connectivity index (χ2v) is 7.54. The van der Waals surface area contributed by atoms with Crippen LogP contribution in [0.5, 0.6) is 11.5 Å². The first-order valence-corrected chi connectivity index (χ1v) is 10.6. The predicted octanol–water partition coefficient (Wildman–Crippen LogP) is 2.89. The molecule has 1 saturated heterocycles. The number of carbonyl (C=O) groups is 2.